The number of amidine groups is 1. The summed E-state index contributed by atoms with van der Waals surface area (Å²) in [5.41, 5.74) is 3.20. The number of fused-ring (bicyclic) bond motifs is 1. The fourth-order valence-corrected chi connectivity index (χ4v) is 4.97. The fourth-order valence-electron chi connectivity index (χ4n) is 4.97. The molecule has 8 nitrogen and oxygen atoms in total. The molecule has 2 saturated carbocycles. The van der Waals surface area contributed by atoms with Gasteiger partial charge in [-0.05, 0) is 43.4 Å². The lowest BCUT2D eigenvalue weighted by atomic mass is 9.84. The number of benzene rings is 1. The van der Waals surface area contributed by atoms with Crippen LogP contribution in [-0.2, 0) is 10.3 Å². The van der Waals surface area contributed by atoms with Gasteiger partial charge in [-0.1, -0.05) is 19.3 Å². The van der Waals surface area contributed by atoms with Crippen LogP contribution in [0, 0.1) is 17.7 Å². The number of aromatic nitrogens is 2. The largest absolute Gasteiger partial charge is 0.476 e. The van der Waals surface area contributed by atoms with Crippen molar-refractivity contribution in [3.63, 3.8) is 0 Å². The Morgan fingerprint density at radius 3 is 2.74 bits per heavy atom. The highest BCUT2D eigenvalue weighted by atomic mass is 19.3. The summed E-state index contributed by atoms with van der Waals surface area (Å²) in [6.07, 6.45) is 5.31. The zero-order valence-corrected chi connectivity index (χ0v) is 18.9. The minimum Gasteiger partial charge on any atom is -0.476 e. The molecular weight excluding hydrogens is 463 g/mol. The lowest BCUT2D eigenvalue weighted by Crippen LogP contribution is -2.43. The molecule has 2 fully saturated rings. The van der Waals surface area contributed by atoms with Gasteiger partial charge in [-0.25, -0.2) is 28.1 Å². The van der Waals surface area contributed by atoms with Crippen LogP contribution in [0.15, 0.2) is 35.6 Å². The molecule has 0 bridgehead atoms. The molecule has 3 atom stereocenters. The lowest BCUT2D eigenvalue weighted by molar-refractivity contribution is 0.0177. The van der Waals surface area contributed by atoms with E-state index in [0.717, 1.165) is 25.0 Å². The SMILES string of the molecule is NC1=N[C@@](c2cc(NC(=O)c3cnc(OCC4CCCCC4)cn3)ccc2F)(C(F)F)[C@H]2C[C@H]2O1. The molecule has 0 unspecified atom stereocenters. The van der Waals surface area contributed by atoms with Crippen LogP contribution in [0.5, 0.6) is 5.88 Å². The van der Waals surface area contributed by atoms with E-state index in [1.54, 1.807) is 0 Å². The minimum absolute atomic E-state index is 0.0000489. The van der Waals surface area contributed by atoms with E-state index in [9.17, 15) is 18.0 Å². The molecule has 0 saturated heterocycles. The number of anilines is 1. The molecule has 0 spiro atoms. The van der Waals surface area contributed by atoms with Crippen LogP contribution in [0.4, 0.5) is 18.9 Å². The van der Waals surface area contributed by atoms with Crippen molar-refractivity contribution < 1.29 is 27.4 Å². The highest BCUT2D eigenvalue weighted by molar-refractivity contribution is 6.02. The van der Waals surface area contributed by atoms with Crippen molar-refractivity contribution in [1.82, 2.24) is 9.97 Å². The molecule has 1 aliphatic heterocycles. The van der Waals surface area contributed by atoms with Crippen LogP contribution in [-0.4, -0.2) is 41.0 Å². The van der Waals surface area contributed by atoms with Gasteiger partial charge in [-0.3, -0.25) is 4.79 Å². The standard InChI is InChI=1S/C24H26F3N5O3/c25-17-7-6-14(8-15(17)24(22(26)27)16-9-19(16)35-23(28)32-24)31-21(33)18-10-30-20(11-29-18)34-12-13-4-2-1-3-5-13/h6-8,10-11,13,16,19,22H,1-5,9,12H2,(H2,28,32)(H,31,33)/t16-,19+,24+/m0/s1. The van der Waals surface area contributed by atoms with Crippen LogP contribution >= 0.6 is 0 Å². The van der Waals surface area contributed by atoms with Gasteiger partial charge in [0.1, 0.15) is 17.6 Å². The summed E-state index contributed by atoms with van der Waals surface area (Å²) in [4.78, 5) is 24.7. The number of nitrogens with two attached hydrogens (primary N) is 1. The topological polar surface area (TPSA) is 112 Å². The molecule has 1 aromatic heterocycles. The van der Waals surface area contributed by atoms with Crippen molar-refractivity contribution >= 4 is 17.6 Å². The van der Waals surface area contributed by atoms with Gasteiger partial charge >= 0.3 is 0 Å². The molecule has 1 amide bonds. The number of rotatable bonds is 7. The quantitative estimate of drug-likeness (QED) is 0.608. The smallest absolute Gasteiger partial charge is 0.283 e. The molecule has 3 N–H and O–H groups in total. The Morgan fingerprint density at radius 2 is 2.03 bits per heavy atom. The summed E-state index contributed by atoms with van der Waals surface area (Å²) < 4.78 is 54.2. The van der Waals surface area contributed by atoms with Gasteiger partial charge in [0.15, 0.2) is 5.54 Å². The maximum atomic E-state index is 14.8. The molecule has 2 heterocycles. The van der Waals surface area contributed by atoms with Gasteiger partial charge < -0.3 is 20.5 Å². The van der Waals surface area contributed by atoms with Crippen molar-refractivity contribution in [2.24, 2.45) is 22.6 Å². The predicted octanol–water partition coefficient (Wildman–Crippen LogP) is 4.02. The van der Waals surface area contributed by atoms with Gasteiger partial charge in [0, 0.05) is 17.2 Å². The number of hydrogen-bond donors (Lipinski definition) is 2. The van der Waals surface area contributed by atoms with E-state index in [1.165, 1.54) is 37.7 Å². The molecule has 35 heavy (non-hydrogen) atoms. The molecule has 2 aliphatic carbocycles. The third-order valence-corrected chi connectivity index (χ3v) is 6.91. The van der Waals surface area contributed by atoms with Crippen molar-refractivity contribution in [1.29, 1.82) is 0 Å². The Morgan fingerprint density at radius 1 is 1.23 bits per heavy atom. The third kappa shape index (κ3) is 4.63. The van der Waals surface area contributed by atoms with E-state index in [-0.39, 0.29) is 23.4 Å². The summed E-state index contributed by atoms with van der Waals surface area (Å²) in [6, 6.07) is 3.05. The van der Waals surface area contributed by atoms with Crippen molar-refractivity contribution in [3.8, 4) is 5.88 Å². The van der Waals surface area contributed by atoms with Crippen LogP contribution in [0.25, 0.3) is 0 Å². The van der Waals surface area contributed by atoms with Crippen LogP contribution in [0.3, 0.4) is 0 Å². The van der Waals surface area contributed by atoms with Gasteiger partial charge in [-0.2, -0.15) is 0 Å². The molecule has 11 heteroatoms. The van der Waals surface area contributed by atoms with E-state index in [1.807, 2.05) is 0 Å². The van der Waals surface area contributed by atoms with Crippen molar-refractivity contribution in [3.05, 3.63) is 47.7 Å². The van der Waals surface area contributed by atoms with Crippen molar-refractivity contribution in [2.75, 3.05) is 11.9 Å². The summed E-state index contributed by atoms with van der Waals surface area (Å²) in [5, 5.41) is 2.56. The second-order valence-corrected chi connectivity index (χ2v) is 9.28. The van der Waals surface area contributed by atoms with Gasteiger partial charge in [0.2, 0.25) is 5.88 Å². The maximum Gasteiger partial charge on any atom is 0.283 e. The Hall–Kier alpha value is -3.37. The van der Waals surface area contributed by atoms with Gasteiger partial charge in [0.05, 0.1) is 19.0 Å². The Labute approximate surface area is 200 Å². The molecule has 186 valence electrons. The molecule has 2 aromatic rings. The molecule has 5 rings (SSSR count). The molecular formula is C24H26F3N5O3. The predicted molar refractivity (Wildman–Crippen MR) is 121 cm³/mol. The zero-order chi connectivity index (χ0) is 24.6. The van der Waals surface area contributed by atoms with E-state index in [4.69, 9.17) is 15.2 Å². The lowest BCUT2D eigenvalue weighted by Gasteiger charge is -2.33. The number of nitrogens with one attached hydrogen (secondary N) is 1. The number of alkyl halides is 2. The zero-order valence-electron chi connectivity index (χ0n) is 18.9. The van der Waals surface area contributed by atoms with E-state index < -0.39 is 41.7 Å². The Kier molecular flexibility index (Phi) is 6.24. The Bertz CT molecular complexity index is 1120. The van der Waals surface area contributed by atoms with Gasteiger partial charge in [-0.15, -0.1) is 0 Å². The number of amides is 1. The Balaban J connectivity index is 1.30. The van der Waals surface area contributed by atoms with Crippen LogP contribution in [0.2, 0.25) is 0 Å². The highest BCUT2D eigenvalue weighted by Crippen LogP contribution is 2.56. The number of aliphatic imine (C=N–C) groups is 1. The number of hydrogen-bond acceptors (Lipinski definition) is 7. The first-order valence-electron chi connectivity index (χ1n) is 11.7. The second-order valence-electron chi connectivity index (χ2n) is 9.28. The van der Waals surface area contributed by atoms with E-state index >= 15 is 0 Å². The van der Waals surface area contributed by atoms with E-state index in [2.05, 4.69) is 20.3 Å². The monoisotopic (exact) mass is 489 g/mol. The first-order chi connectivity index (χ1) is 16.9. The minimum atomic E-state index is -3.02. The molecule has 0 radical (unpaired) electrons. The summed E-state index contributed by atoms with van der Waals surface area (Å²) in [5.74, 6) is -1.38. The normalized spacial score (nSPS) is 25.9. The third-order valence-electron chi connectivity index (χ3n) is 6.91. The number of halogens is 3. The first kappa shape index (κ1) is 23.4. The highest BCUT2D eigenvalue weighted by Gasteiger charge is 2.64. The molecule has 3 aliphatic rings. The summed E-state index contributed by atoms with van der Waals surface area (Å²) in [7, 11) is 0. The second kappa shape index (κ2) is 9.35. The van der Waals surface area contributed by atoms with E-state index in [0.29, 0.717) is 18.4 Å². The number of ether oxygens (including phenoxy) is 2. The number of carbonyl (C=O) groups is 1. The van der Waals surface area contributed by atoms with Crippen molar-refractivity contribution in [2.45, 2.75) is 56.6 Å². The summed E-state index contributed by atoms with van der Waals surface area (Å²) >= 11 is 0. The fraction of sp³-hybridized carbons (Fsp3) is 0.500. The maximum absolute atomic E-state index is 14.8. The number of carbonyl (C=O) groups excluding carboxylic acids is 1. The average Bonchev–Trinajstić information content (AvgIpc) is 3.64. The summed E-state index contributed by atoms with van der Waals surface area (Å²) in [6.45, 7) is 0.560. The molecule has 1 aromatic carbocycles. The van der Waals surface area contributed by atoms with Gasteiger partial charge in [0.25, 0.3) is 18.4 Å². The number of nitrogens with zero attached hydrogens (tertiary/aromatic N) is 3. The van der Waals surface area contributed by atoms with Crippen LogP contribution < -0.4 is 15.8 Å². The van der Waals surface area contributed by atoms with Crippen LogP contribution in [0.1, 0.15) is 54.6 Å². The average molecular weight is 489 g/mol. The first-order valence-corrected chi connectivity index (χ1v) is 11.7.